The second kappa shape index (κ2) is 5.94. The first-order chi connectivity index (χ1) is 8.67. The van der Waals surface area contributed by atoms with Gasteiger partial charge in [-0.2, -0.15) is 13.2 Å². The molecule has 19 heavy (non-hydrogen) atoms. The summed E-state index contributed by atoms with van der Waals surface area (Å²) in [4.78, 5) is 12.0. The molecule has 0 radical (unpaired) electrons. The van der Waals surface area contributed by atoms with E-state index < -0.39 is 23.2 Å². The number of hydrogen-bond acceptors (Lipinski definition) is 1. The lowest BCUT2D eigenvalue weighted by molar-refractivity contribution is -0.137. The Hall–Kier alpha value is -1.04. The largest absolute Gasteiger partial charge is 0.417 e. The fraction of sp³-hybridized carbons (Fsp3) is 0.462. The standard InChI is InChI=1S/C13H15BrF3NO/c1-12(2,7-8-14)18-11(19)9-5-3-4-6-10(9)13(15,16)17/h3-6H,7-8H2,1-2H3,(H,18,19). The summed E-state index contributed by atoms with van der Waals surface area (Å²) < 4.78 is 38.4. The molecular weight excluding hydrogens is 323 g/mol. The van der Waals surface area contributed by atoms with Crippen LogP contribution in [0.4, 0.5) is 13.2 Å². The van der Waals surface area contributed by atoms with Gasteiger partial charge in [0.15, 0.2) is 0 Å². The highest BCUT2D eigenvalue weighted by Crippen LogP contribution is 2.32. The van der Waals surface area contributed by atoms with Gasteiger partial charge in [-0.05, 0) is 32.4 Å². The average Bonchev–Trinajstić information content (AvgIpc) is 2.27. The predicted octanol–water partition coefficient (Wildman–Crippen LogP) is 4.00. The van der Waals surface area contributed by atoms with Crippen molar-refractivity contribution in [3.63, 3.8) is 0 Å². The molecule has 0 saturated carbocycles. The van der Waals surface area contributed by atoms with Gasteiger partial charge in [0.25, 0.3) is 5.91 Å². The molecule has 0 atom stereocenters. The fourth-order valence-corrected chi connectivity index (χ4v) is 2.59. The van der Waals surface area contributed by atoms with E-state index in [4.69, 9.17) is 0 Å². The molecule has 0 aromatic heterocycles. The van der Waals surface area contributed by atoms with Gasteiger partial charge < -0.3 is 5.32 Å². The van der Waals surface area contributed by atoms with Crippen LogP contribution >= 0.6 is 15.9 Å². The Kier molecular flexibility index (Phi) is 5.01. The number of benzene rings is 1. The van der Waals surface area contributed by atoms with E-state index in [1.165, 1.54) is 18.2 Å². The maximum Gasteiger partial charge on any atom is 0.417 e. The van der Waals surface area contributed by atoms with Crippen molar-refractivity contribution in [2.45, 2.75) is 32.0 Å². The molecule has 0 aliphatic carbocycles. The molecule has 1 N–H and O–H groups in total. The lowest BCUT2D eigenvalue weighted by Crippen LogP contribution is -2.44. The van der Waals surface area contributed by atoms with Crippen LogP contribution in [0, 0.1) is 0 Å². The Morgan fingerprint density at radius 3 is 2.37 bits per heavy atom. The number of carbonyl (C=O) groups is 1. The number of carbonyl (C=O) groups excluding carboxylic acids is 1. The minimum Gasteiger partial charge on any atom is -0.347 e. The van der Waals surface area contributed by atoms with Gasteiger partial charge in [0, 0.05) is 10.9 Å². The fourth-order valence-electron chi connectivity index (χ4n) is 1.60. The van der Waals surface area contributed by atoms with Gasteiger partial charge in [-0.25, -0.2) is 0 Å². The van der Waals surface area contributed by atoms with Gasteiger partial charge in [0.2, 0.25) is 0 Å². The van der Waals surface area contributed by atoms with Gasteiger partial charge in [-0.3, -0.25) is 4.79 Å². The van der Waals surface area contributed by atoms with E-state index in [2.05, 4.69) is 21.2 Å². The summed E-state index contributed by atoms with van der Waals surface area (Å²) in [7, 11) is 0. The molecule has 0 bridgehead atoms. The number of halogens is 4. The molecular formula is C13H15BrF3NO. The molecule has 1 rings (SSSR count). The zero-order valence-corrected chi connectivity index (χ0v) is 12.2. The third-order valence-corrected chi connectivity index (χ3v) is 3.05. The second-order valence-electron chi connectivity index (χ2n) is 4.82. The molecule has 0 fully saturated rings. The van der Waals surface area contributed by atoms with E-state index in [0.717, 1.165) is 6.07 Å². The van der Waals surface area contributed by atoms with Crippen LogP contribution < -0.4 is 5.32 Å². The number of hydrogen-bond donors (Lipinski definition) is 1. The summed E-state index contributed by atoms with van der Waals surface area (Å²) in [6, 6.07) is 4.78. The first-order valence-corrected chi connectivity index (χ1v) is 6.84. The molecule has 1 amide bonds. The maximum absolute atomic E-state index is 12.8. The van der Waals surface area contributed by atoms with E-state index in [9.17, 15) is 18.0 Å². The molecule has 0 saturated heterocycles. The third-order valence-electron chi connectivity index (χ3n) is 2.65. The van der Waals surface area contributed by atoms with Crippen molar-refractivity contribution in [2.24, 2.45) is 0 Å². The van der Waals surface area contributed by atoms with Crippen molar-refractivity contribution in [1.29, 1.82) is 0 Å². The molecule has 0 heterocycles. The lowest BCUT2D eigenvalue weighted by Gasteiger charge is -2.26. The smallest absolute Gasteiger partial charge is 0.347 e. The third kappa shape index (κ3) is 4.53. The Bertz CT molecular complexity index is 457. The SMILES string of the molecule is CC(C)(CCBr)NC(=O)c1ccccc1C(F)(F)F. The first-order valence-electron chi connectivity index (χ1n) is 5.72. The van der Waals surface area contributed by atoms with Crippen LogP contribution in [0.25, 0.3) is 0 Å². The van der Waals surface area contributed by atoms with E-state index in [1.807, 2.05) is 0 Å². The highest BCUT2D eigenvalue weighted by Gasteiger charge is 2.35. The molecule has 1 aromatic rings. The van der Waals surface area contributed by atoms with Crippen LogP contribution in [0.2, 0.25) is 0 Å². The van der Waals surface area contributed by atoms with Gasteiger partial charge >= 0.3 is 6.18 Å². The van der Waals surface area contributed by atoms with Crippen LogP contribution in [-0.2, 0) is 6.18 Å². The highest BCUT2D eigenvalue weighted by atomic mass is 79.9. The van der Waals surface area contributed by atoms with Crippen molar-refractivity contribution in [3.05, 3.63) is 35.4 Å². The summed E-state index contributed by atoms with van der Waals surface area (Å²) >= 11 is 3.25. The molecule has 6 heteroatoms. The van der Waals surface area contributed by atoms with Crippen LogP contribution in [0.15, 0.2) is 24.3 Å². The Labute approximate surface area is 118 Å². The summed E-state index contributed by atoms with van der Waals surface area (Å²) in [5.74, 6) is -0.709. The van der Waals surface area contributed by atoms with E-state index in [1.54, 1.807) is 13.8 Å². The number of rotatable bonds is 4. The number of alkyl halides is 4. The quantitative estimate of drug-likeness (QED) is 0.826. The van der Waals surface area contributed by atoms with Crippen LogP contribution in [0.1, 0.15) is 36.2 Å². The zero-order valence-electron chi connectivity index (χ0n) is 10.6. The minimum absolute atomic E-state index is 0.349. The molecule has 0 unspecified atom stereocenters. The van der Waals surface area contributed by atoms with Crippen molar-refractivity contribution >= 4 is 21.8 Å². The van der Waals surface area contributed by atoms with E-state index in [0.29, 0.717) is 11.8 Å². The highest BCUT2D eigenvalue weighted by molar-refractivity contribution is 9.09. The molecule has 0 aliphatic heterocycles. The van der Waals surface area contributed by atoms with Gasteiger partial charge in [0.1, 0.15) is 0 Å². The topological polar surface area (TPSA) is 29.1 Å². The van der Waals surface area contributed by atoms with Crippen molar-refractivity contribution in [3.8, 4) is 0 Å². The summed E-state index contributed by atoms with van der Waals surface area (Å²) in [5, 5.41) is 3.27. The van der Waals surface area contributed by atoms with Crippen LogP contribution in [0.3, 0.4) is 0 Å². The molecule has 0 aliphatic rings. The Morgan fingerprint density at radius 1 is 1.26 bits per heavy atom. The Balaban J connectivity index is 3.01. The van der Waals surface area contributed by atoms with Crippen molar-refractivity contribution in [1.82, 2.24) is 5.32 Å². The predicted molar refractivity (Wildman–Crippen MR) is 71.4 cm³/mol. The molecule has 106 valence electrons. The lowest BCUT2D eigenvalue weighted by atomic mass is 10.00. The molecule has 1 aromatic carbocycles. The first kappa shape index (κ1) is 16.0. The van der Waals surface area contributed by atoms with Crippen molar-refractivity contribution in [2.75, 3.05) is 5.33 Å². The van der Waals surface area contributed by atoms with Gasteiger partial charge in [-0.1, -0.05) is 28.1 Å². The van der Waals surface area contributed by atoms with Gasteiger partial charge in [0.05, 0.1) is 11.1 Å². The average molecular weight is 338 g/mol. The van der Waals surface area contributed by atoms with Gasteiger partial charge in [-0.15, -0.1) is 0 Å². The Morgan fingerprint density at radius 2 is 1.84 bits per heavy atom. The number of nitrogens with one attached hydrogen (secondary N) is 1. The normalized spacial score (nSPS) is 12.3. The maximum atomic E-state index is 12.8. The van der Waals surface area contributed by atoms with Crippen molar-refractivity contribution < 1.29 is 18.0 Å². The monoisotopic (exact) mass is 337 g/mol. The zero-order chi connectivity index (χ0) is 14.7. The molecule has 2 nitrogen and oxygen atoms in total. The summed E-state index contributed by atoms with van der Waals surface area (Å²) in [6.07, 6.45) is -3.92. The number of amides is 1. The molecule has 0 spiro atoms. The van der Waals surface area contributed by atoms with Crippen LogP contribution in [0.5, 0.6) is 0 Å². The van der Waals surface area contributed by atoms with E-state index >= 15 is 0 Å². The second-order valence-corrected chi connectivity index (χ2v) is 5.61. The minimum atomic E-state index is -4.53. The summed E-state index contributed by atoms with van der Waals surface area (Å²) in [5.41, 5.74) is -1.83. The van der Waals surface area contributed by atoms with E-state index in [-0.39, 0.29) is 5.56 Å². The summed E-state index contributed by atoms with van der Waals surface area (Å²) in [6.45, 7) is 3.53. The van der Waals surface area contributed by atoms with Crippen LogP contribution in [-0.4, -0.2) is 16.8 Å².